The number of carbonyl (C=O) groups excluding carboxylic acids is 2. The van der Waals surface area contributed by atoms with Crippen molar-refractivity contribution in [3.8, 4) is 6.07 Å². The molecule has 1 aromatic rings. The second-order valence-corrected chi connectivity index (χ2v) is 6.32. The molecule has 0 heterocycles. The summed E-state index contributed by atoms with van der Waals surface area (Å²) in [6.07, 6.45) is 0.259. The molecule has 6 heteroatoms. The molecule has 23 heavy (non-hydrogen) atoms. The van der Waals surface area contributed by atoms with Crippen LogP contribution in [0.2, 0.25) is 0 Å². The lowest BCUT2D eigenvalue weighted by molar-refractivity contribution is -0.139. The lowest BCUT2D eigenvalue weighted by Gasteiger charge is -2.25. The van der Waals surface area contributed by atoms with E-state index < -0.39 is 0 Å². The van der Waals surface area contributed by atoms with Gasteiger partial charge in [-0.3, -0.25) is 9.59 Å². The van der Waals surface area contributed by atoms with E-state index in [4.69, 9.17) is 10.00 Å². The van der Waals surface area contributed by atoms with Crippen LogP contribution in [0.1, 0.15) is 25.8 Å². The van der Waals surface area contributed by atoms with E-state index in [-0.39, 0.29) is 29.3 Å². The molecule has 1 aromatic carbocycles. The first-order valence-corrected chi connectivity index (χ1v) is 8.56. The fourth-order valence-electron chi connectivity index (χ4n) is 1.94. The molecule has 1 amide bonds. The molecule has 0 aliphatic rings. The molecule has 0 radical (unpaired) electrons. The van der Waals surface area contributed by atoms with Crippen LogP contribution in [0.25, 0.3) is 0 Å². The van der Waals surface area contributed by atoms with Crippen LogP contribution in [0.4, 0.5) is 5.69 Å². The largest absolute Gasteiger partial charge is 0.465 e. The third-order valence-corrected chi connectivity index (χ3v) is 4.27. The zero-order chi connectivity index (χ0) is 17.2. The van der Waals surface area contributed by atoms with Gasteiger partial charge in [0.05, 0.1) is 30.1 Å². The fourth-order valence-corrected chi connectivity index (χ4v) is 2.68. The van der Waals surface area contributed by atoms with Gasteiger partial charge in [0.2, 0.25) is 5.91 Å². The minimum absolute atomic E-state index is 0.113. The average Bonchev–Trinajstić information content (AvgIpc) is 2.54. The monoisotopic (exact) mass is 334 g/mol. The Kier molecular flexibility index (Phi) is 8.20. The van der Waals surface area contributed by atoms with Gasteiger partial charge >= 0.3 is 5.97 Å². The Bertz CT molecular complexity index is 566. The van der Waals surface area contributed by atoms with Crippen LogP contribution >= 0.6 is 11.8 Å². The zero-order valence-electron chi connectivity index (χ0n) is 13.7. The molecule has 0 aliphatic heterocycles. The summed E-state index contributed by atoms with van der Waals surface area (Å²) in [6, 6.07) is 9.66. The van der Waals surface area contributed by atoms with Gasteiger partial charge in [-0.25, -0.2) is 0 Å². The summed E-state index contributed by atoms with van der Waals surface area (Å²) >= 11 is 1.24. The molecule has 0 saturated heterocycles. The van der Waals surface area contributed by atoms with Crippen LogP contribution in [0.3, 0.4) is 0 Å². The maximum Gasteiger partial charge on any atom is 0.315 e. The van der Waals surface area contributed by atoms with E-state index in [1.807, 2.05) is 31.2 Å². The van der Waals surface area contributed by atoms with Crippen LogP contribution in [0.5, 0.6) is 0 Å². The van der Waals surface area contributed by atoms with Gasteiger partial charge in [-0.15, -0.1) is 11.8 Å². The highest BCUT2D eigenvalue weighted by molar-refractivity contribution is 8.01. The molecule has 0 aliphatic carbocycles. The van der Waals surface area contributed by atoms with E-state index in [1.54, 1.807) is 18.7 Å². The van der Waals surface area contributed by atoms with Gasteiger partial charge in [0.1, 0.15) is 0 Å². The number of hydrogen-bond acceptors (Lipinski definition) is 5. The molecule has 0 fully saturated rings. The highest BCUT2D eigenvalue weighted by atomic mass is 32.2. The van der Waals surface area contributed by atoms with Crippen LogP contribution in [-0.4, -0.2) is 36.0 Å². The van der Waals surface area contributed by atoms with Gasteiger partial charge in [-0.1, -0.05) is 17.7 Å². The third-order valence-electron chi connectivity index (χ3n) is 3.16. The second-order valence-electron chi connectivity index (χ2n) is 4.99. The van der Waals surface area contributed by atoms with Crippen molar-refractivity contribution in [2.24, 2.45) is 0 Å². The van der Waals surface area contributed by atoms with Crippen molar-refractivity contribution < 1.29 is 14.3 Å². The summed E-state index contributed by atoms with van der Waals surface area (Å²) in [5, 5.41) is 8.42. The number of amides is 1. The molecule has 1 unspecified atom stereocenters. The van der Waals surface area contributed by atoms with E-state index in [0.717, 1.165) is 11.3 Å². The summed E-state index contributed by atoms with van der Waals surface area (Å²) in [7, 11) is 0. The van der Waals surface area contributed by atoms with E-state index in [2.05, 4.69) is 6.07 Å². The van der Waals surface area contributed by atoms with E-state index in [9.17, 15) is 9.59 Å². The predicted molar refractivity (Wildman–Crippen MR) is 92.3 cm³/mol. The molecular formula is C17H22N2O3S. The van der Waals surface area contributed by atoms with Crippen molar-refractivity contribution in [1.82, 2.24) is 0 Å². The van der Waals surface area contributed by atoms with Gasteiger partial charge in [0, 0.05) is 12.2 Å². The normalized spacial score (nSPS) is 11.4. The molecule has 124 valence electrons. The molecular weight excluding hydrogens is 312 g/mol. The van der Waals surface area contributed by atoms with Crippen molar-refractivity contribution in [1.29, 1.82) is 5.26 Å². The average molecular weight is 334 g/mol. The van der Waals surface area contributed by atoms with Gasteiger partial charge < -0.3 is 9.64 Å². The number of rotatable bonds is 8. The molecule has 0 spiro atoms. The van der Waals surface area contributed by atoms with Gasteiger partial charge in [0.25, 0.3) is 0 Å². The molecule has 0 aromatic heterocycles. The number of anilines is 1. The summed E-state index contributed by atoms with van der Waals surface area (Å²) in [6.45, 7) is 6.16. The predicted octanol–water partition coefficient (Wildman–Crippen LogP) is 2.93. The fraction of sp³-hybridized carbons (Fsp3) is 0.471. The van der Waals surface area contributed by atoms with Crippen LogP contribution in [0, 0.1) is 18.3 Å². The summed E-state index contributed by atoms with van der Waals surface area (Å²) < 4.78 is 4.87. The van der Waals surface area contributed by atoms with E-state index in [0.29, 0.717) is 13.2 Å². The van der Waals surface area contributed by atoms with Gasteiger partial charge in [0.15, 0.2) is 0 Å². The van der Waals surface area contributed by atoms with Crippen molar-refractivity contribution >= 4 is 29.3 Å². The Morgan fingerprint density at radius 2 is 2.00 bits per heavy atom. The van der Waals surface area contributed by atoms with Crippen LogP contribution in [-0.2, 0) is 14.3 Å². The number of ether oxygens (including phenoxy) is 1. The van der Waals surface area contributed by atoms with Crippen LogP contribution < -0.4 is 4.90 Å². The maximum absolute atomic E-state index is 12.6. The molecule has 5 nitrogen and oxygen atoms in total. The molecule has 0 bridgehead atoms. The van der Waals surface area contributed by atoms with Crippen molar-refractivity contribution in [3.05, 3.63) is 29.8 Å². The number of esters is 1. The first kappa shape index (κ1) is 19.0. The minimum Gasteiger partial charge on any atom is -0.465 e. The lowest BCUT2D eigenvalue weighted by atomic mass is 10.2. The highest BCUT2D eigenvalue weighted by Crippen LogP contribution is 2.21. The molecule has 0 saturated carbocycles. The van der Waals surface area contributed by atoms with Crippen molar-refractivity contribution in [2.45, 2.75) is 32.4 Å². The molecule has 1 rings (SSSR count). The number of benzene rings is 1. The Balaban J connectivity index is 2.77. The number of hydrogen-bond donors (Lipinski definition) is 0. The lowest BCUT2D eigenvalue weighted by Crippen LogP contribution is -2.37. The minimum atomic E-state index is -0.389. The topological polar surface area (TPSA) is 70.4 Å². The number of aryl methyl sites for hydroxylation is 1. The Labute approximate surface area is 141 Å². The van der Waals surface area contributed by atoms with Crippen molar-refractivity contribution in [3.63, 3.8) is 0 Å². The Morgan fingerprint density at radius 3 is 2.57 bits per heavy atom. The molecule has 0 N–H and O–H groups in total. The summed E-state index contributed by atoms with van der Waals surface area (Å²) in [5.41, 5.74) is 1.87. The van der Waals surface area contributed by atoms with E-state index >= 15 is 0 Å². The number of thioether (sulfide) groups is 1. The number of nitriles is 1. The third kappa shape index (κ3) is 6.33. The second kappa shape index (κ2) is 9.90. The summed E-state index contributed by atoms with van der Waals surface area (Å²) in [4.78, 5) is 25.7. The van der Waals surface area contributed by atoms with Gasteiger partial charge in [-0.2, -0.15) is 5.26 Å². The summed E-state index contributed by atoms with van der Waals surface area (Å²) in [5.74, 6) is -0.296. The standard InChI is InChI=1S/C17H22N2O3S/c1-4-22-16(20)12-23-14(3)17(21)19(11-5-10-18)15-8-6-13(2)7-9-15/h6-9,14H,4-5,11-12H2,1-3H3. The number of carbonyl (C=O) groups is 2. The quantitative estimate of drug-likeness (QED) is 0.684. The zero-order valence-corrected chi connectivity index (χ0v) is 14.6. The van der Waals surface area contributed by atoms with Crippen molar-refractivity contribution in [2.75, 3.05) is 23.8 Å². The Hall–Kier alpha value is -2.00. The first-order valence-electron chi connectivity index (χ1n) is 7.51. The van der Waals surface area contributed by atoms with Gasteiger partial charge in [-0.05, 0) is 32.9 Å². The highest BCUT2D eigenvalue weighted by Gasteiger charge is 2.23. The SMILES string of the molecule is CCOC(=O)CSC(C)C(=O)N(CCC#N)c1ccc(C)cc1. The Morgan fingerprint density at radius 1 is 1.35 bits per heavy atom. The first-order chi connectivity index (χ1) is 11.0. The maximum atomic E-state index is 12.6. The van der Waals surface area contributed by atoms with Crippen LogP contribution in [0.15, 0.2) is 24.3 Å². The number of nitrogens with zero attached hydrogens (tertiary/aromatic N) is 2. The smallest absolute Gasteiger partial charge is 0.315 e. The molecule has 1 atom stereocenters. The van der Waals surface area contributed by atoms with E-state index in [1.165, 1.54) is 11.8 Å².